The Labute approximate surface area is 116 Å². The van der Waals surface area contributed by atoms with Gasteiger partial charge in [0.2, 0.25) is 17.7 Å². The molecule has 1 fully saturated rings. The van der Waals surface area contributed by atoms with Crippen molar-refractivity contribution in [3.63, 3.8) is 0 Å². The van der Waals surface area contributed by atoms with Crippen LogP contribution in [0.1, 0.15) is 30.4 Å². The van der Waals surface area contributed by atoms with Crippen molar-refractivity contribution >= 4 is 17.8 Å². The molecule has 0 spiro atoms. The lowest BCUT2D eigenvalue weighted by Crippen LogP contribution is -2.37. The average Bonchev–Trinajstić information content (AvgIpc) is 3.01. The highest BCUT2D eigenvalue weighted by Crippen LogP contribution is 2.13. The first kappa shape index (κ1) is 12.9. The van der Waals surface area contributed by atoms with E-state index in [-0.39, 0.29) is 23.7 Å². The number of likely N-dealkylation sites (tertiary alicyclic amines) is 1. The largest absolute Gasteiger partial charge is 0.354 e. The van der Waals surface area contributed by atoms with Gasteiger partial charge in [-0.3, -0.25) is 9.59 Å². The van der Waals surface area contributed by atoms with Gasteiger partial charge in [0.25, 0.3) is 5.91 Å². The fourth-order valence-electron chi connectivity index (χ4n) is 2.58. The maximum atomic E-state index is 12.1. The standard InChI is InChI=1S/C12H18N6O2/c1-2-17-7-8(6-9(17)19)14-11(20)10-15-12-13-4-3-5-18(12)16-10/h8H,2-7H2,1H3,(H,14,20)(H,13,15,16). The first-order valence-electron chi connectivity index (χ1n) is 6.94. The monoisotopic (exact) mass is 278 g/mol. The van der Waals surface area contributed by atoms with E-state index in [1.165, 1.54) is 0 Å². The predicted octanol–water partition coefficient (Wildman–Crippen LogP) is -0.556. The second-order valence-corrected chi connectivity index (χ2v) is 5.07. The van der Waals surface area contributed by atoms with Gasteiger partial charge in [0.1, 0.15) is 0 Å². The number of carbonyl (C=O) groups excluding carboxylic acids is 2. The Bertz CT molecular complexity index is 517. The third-order valence-corrected chi connectivity index (χ3v) is 3.64. The molecular weight excluding hydrogens is 260 g/mol. The SMILES string of the molecule is CCN1CC(NC(=O)c2nc3n(n2)CCCN3)CC1=O. The van der Waals surface area contributed by atoms with E-state index in [1.807, 2.05) is 6.92 Å². The molecule has 2 amide bonds. The van der Waals surface area contributed by atoms with Crippen LogP contribution in [-0.2, 0) is 11.3 Å². The summed E-state index contributed by atoms with van der Waals surface area (Å²) < 4.78 is 1.70. The van der Waals surface area contributed by atoms with Gasteiger partial charge in [0.15, 0.2) is 0 Å². The van der Waals surface area contributed by atoms with Gasteiger partial charge >= 0.3 is 0 Å². The summed E-state index contributed by atoms with van der Waals surface area (Å²) in [7, 11) is 0. The minimum atomic E-state index is -0.315. The molecule has 0 aromatic carbocycles. The lowest BCUT2D eigenvalue weighted by molar-refractivity contribution is -0.127. The van der Waals surface area contributed by atoms with Gasteiger partial charge < -0.3 is 15.5 Å². The molecule has 0 bridgehead atoms. The maximum Gasteiger partial charge on any atom is 0.291 e. The van der Waals surface area contributed by atoms with E-state index in [1.54, 1.807) is 9.58 Å². The summed E-state index contributed by atoms with van der Waals surface area (Å²) in [6.07, 6.45) is 1.32. The van der Waals surface area contributed by atoms with Crippen LogP contribution in [0.15, 0.2) is 0 Å². The number of nitrogens with zero attached hydrogens (tertiary/aromatic N) is 4. The molecule has 2 aliphatic heterocycles. The fraction of sp³-hybridized carbons (Fsp3) is 0.667. The minimum Gasteiger partial charge on any atom is -0.354 e. The fourth-order valence-corrected chi connectivity index (χ4v) is 2.58. The molecule has 2 aliphatic rings. The number of anilines is 1. The van der Waals surface area contributed by atoms with Crippen LogP contribution in [0.4, 0.5) is 5.95 Å². The van der Waals surface area contributed by atoms with Gasteiger partial charge in [-0.1, -0.05) is 0 Å². The highest BCUT2D eigenvalue weighted by atomic mass is 16.2. The summed E-state index contributed by atoms with van der Waals surface area (Å²) in [5.41, 5.74) is 0. The van der Waals surface area contributed by atoms with E-state index < -0.39 is 0 Å². The van der Waals surface area contributed by atoms with Gasteiger partial charge in [-0.25, -0.2) is 4.68 Å². The zero-order chi connectivity index (χ0) is 14.1. The summed E-state index contributed by atoms with van der Waals surface area (Å²) in [5, 5.41) is 10.1. The molecule has 108 valence electrons. The average molecular weight is 278 g/mol. The topological polar surface area (TPSA) is 92.2 Å². The minimum absolute atomic E-state index is 0.0801. The molecule has 3 rings (SSSR count). The Kier molecular flexibility index (Phi) is 3.29. The molecule has 1 atom stereocenters. The van der Waals surface area contributed by atoms with Crippen LogP contribution in [0, 0.1) is 0 Å². The molecule has 2 N–H and O–H groups in total. The van der Waals surface area contributed by atoms with Gasteiger partial charge in [-0.2, -0.15) is 4.98 Å². The number of aromatic nitrogens is 3. The van der Waals surface area contributed by atoms with Crippen molar-refractivity contribution in [2.45, 2.75) is 32.4 Å². The molecule has 1 aromatic rings. The first-order chi connectivity index (χ1) is 9.67. The molecular formula is C12H18N6O2. The van der Waals surface area contributed by atoms with Crippen LogP contribution >= 0.6 is 0 Å². The summed E-state index contributed by atoms with van der Waals surface area (Å²) >= 11 is 0. The second kappa shape index (κ2) is 5.10. The number of rotatable bonds is 3. The third-order valence-electron chi connectivity index (χ3n) is 3.64. The van der Waals surface area contributed by atoms with E-state index in [0.717, 1.165) is 19.5 Å². The molecule has 1 unspecified atom stereocenters. The highest BCUT2D eigenvalue weighted by molar-refractivity contribution is 5.91. The summed E-state index contributed by atoms with van der Waals surface area (Å²) in [5.74, 6) is 0.567. The van der Waals surface area contributed by atoms with E-state index >= 15 is 0 Å². The van der Waals surface area contributed by atoms with Crippen molar-refractivity contribution in [3.05, 3.63) is 5.82 Å². The molecule has 3 heterocycles. The highest BCUT2D eigenvalue weighted by Gasteiger charge is 2.30. The van der Waals surface area contributed by atoms with Crippen molar-refractivity contribution in [2.75, 3.05) is 25.0 Å². The quantitative estimate of drug-likeness (QED) is 0.773. The number of carbonyl (C=O) groups is 2. The summed E-state index contributed by atoms with van der Waals surface area (Å²) in [6, 6.07) is -0.150. The van der Waals surface area contributed by atoms with E-state index in [4.69, 9.17) is 0 Å². The van der Waals surface area contributed by atoms with E-state index in [0.29, 0.717) is 25.5 Å². The van der Waals surface area contributed by atoms with Gasteiger partial charge in [-0.05, 0) is 13.3 Å². The van der Waals surface area contributed by atoms with Gasteiger partial charge in [0, 0.05) is 32.6 Å². The lowest BCUT2D eigenvalue weighted by Gasteiger charge is -2.13. The van der Waals surface area contributed by atoms with Crippen molar-refractivity contribution in [1.29, 1.82) is 0 Å². The van der Waals surface area contributed by atoms with Crippen molar-refractivity contribution < 1.29 is 9.59 Å². The Morgan fingerprint density at radius 2 is 2.40 bits per heavy atom. The zero-order valence-corrected chi connectivity index (χ0v) is 11.4. The van der Waals surface area contributed by atoms with Crippen LogP contribution < -0.4 is 10.6 Å². The number of nitrogens with one attached hydrogen (secondary N) is 2. The van der Waals surface area contributed by atoms with Crippen LogP contribution in [0.3, 0.4) is 0 Å². The second-order valence-electron chi connectivity index (χ2n) is 5.07. The zero-order valence-electron chi connectivity index (χ0n) is 11.4. The first-order valence-corrected chi connectivity index (χ1v) is 6.94. The molecule has 0 saturated carbocycles. The molecule has 20 heavy (non-hydrogen) atoms. The number of amides is 2. The molecule has 0 radical (unpaired) electrons. The Hall–Kier alpha value is -2.12. The molecule has 1 saturated heterocycles. The Balaban J connectivity index is 1.65. The van der Waals surface area contributed by atoms with E-state index in [9.17, 15) is 9.59 Å². The van der Waals surface area contributed by atoms with Crippen molar-refractivity contribution in [2.24, 2.45) is 0 Å². The normalized spacial score (nSPS) is 21.6. The molecule has 1 aromatic heterocycles. The van der Waals surface area contributed by atoms with Gasteiger partial charge in [-0.15, -0.1) is 5.10 Å². The summed E-state index contributed by atoms with van der Waals surface area (Å²) in [4.78, 5) is 29.7. The van der Waals surface area contributed by atoms with E-state index in [2.05, 4.69) is 20.7 Å². The summed E-state index contributed by atoms with van der Waals surface area (Å²) in [6.45, 7) is 4.79. The van der Waals surface area contributed by atoms with Crippen molar-refractivity contribution in [1.82, 2.24) is 25.0 Å². The third kappa shape index (κ3) is 2.33. The van der Waals surface area contributed by atoms with Crippen LogP contribution in [0.5, 0.6) is 0 Å². The number of fused-ring (bicyclic) bond motifs is 1. The molecule has 8 heteroatoms. The number of hydrogen-bond donors (Lipinski definition) is 2. The lowest BCUT2D eigenvalue weighted by atomic mass is 10.2. The smallest absolute Gasteiger partial charge is 0.291 e. The number of hydrogen-bond acceptors (Lipinski definition) is 5. The number of likely N-dealkylation sites (N-methyl/N-ethyl adjacent to an activating group) is 1. The number of aryl methyl sites for hydroxylation is 1. The van der Waals surface area contributed by atoms with Crippen LogP contribution in [-0.4, -0.2) is 57.2 Å². The maximum absolute atomic E-state index is 12.1. The molecule has 0 aliphatic carbocycles. The van der Waals surface area contributed by atoms with Gasteiger partial charge in [0.05, 0.1) is 6.04 Å². The molecule has 8 nitrogen and oxygen atoms in total. The predicted molar refractivity (Wildman–Crippen MR) is 71.3 cm³/mol. The van der Waals surface area contributed by atoms with Crippen LogP contribution in [0.25, 0.3) is 0 Å². The Morgan fingerprint density at radius 1 is 1.55 bits per heavy atom. The Morgan fingerprint density at radius 3 is 3.10 bits per heavy atom. The van der Waals surface area contributed by atoms with Crippen LogP contribution in [0.2, 0.25) is 0 Å². The van der Waals surface area contributed by atoms with Crippen molar-refractivity contribution in [3.8, 4) is 0 Å².